The van der Waals surface area contributed by atoms with Gasteiger partial charge in [0.1, 0.15) is 0 Å². The Morgan fingerprint density at radius 3 is 2.89 bits per heavy atom. The topological polar surface area (TPSA) is 69.7 Å². The average molecular weight is 364 g/mol. The molecule has 3 aromatic rings. The first-order valence-corrected chi connectivity index (χ1v) is 9.69. The highest BCUT2D eigenvalue weighted by molar-refractivity contribution is 5.87. The fraction of sp³-hybridized carbons (Fsp3) is 0.476. The van der Waals surface area contributed by atoms with E-state index in [1.165, 1.54) is 12.1 Å². The maximum absolute atomic E-state index is 4.86. The minimum Gasteiger partial charge on any atom is -0.362 e. The number of aromatic nitrogens is 4. The van der Waals surface area contributed by atoms with Crippen LogP contribution >= 0.6 is 0 Å². The summed E-state index contributed by atoms with van der Waals surface area (Å²) >= 11 is 0. The van der Waals surface area contributed by atoms with E-state index < -0.39 is 0 Å². The van der Waals surface area contributed by atoms with Crippen molar-refractivity contribution < 1.29 is 0 Å². The van der Waals surface area contributed by atoms with Gasteiger partial charge in [-0.25, -0.2) is 4.98 Å². The van der Waals surface area contributed by atoms with Crippen LogP contribution in [-0.4, -0.2) is 44.7 Å². The lowest BCUT2D eigenvalue weighted by atomic mass is 9.96. The van der Waals surface area contributed by atoms with Gasteiger partial charge in [-0.1, -0.05) is 26.8 Å². The predicted octanol–water partition coefficient (Wildman–Crippen LogP) is 3.80. The molecule has 3 aromatic heterocycles. The summed E-state index contributed by atoms with van der Waals surface area (Å²) in [7, 11) is 0. The maximum Gasteiger partial charge on any atom is 0.157 e. The van der Waals surface area contributed by atoms with Crippen molar-refractivity contribution >= 4 is 16.9 Å². The molecule has 6 heteroatoms. The monoisotopic (exact) mass is 364 g/mol. The first-order valence-electron chi connectivity index (χ1n) is 9.69. The normalized spacial score (nSPS) is 18.3. The Balaban J connectivity index is 1.45. The van der Waals surface area contributed by atoms with Gasteiger partial charge in [0.05, 0.1) is 17.6 Å². The van der Waals surface area contributed by atoms with Gasteiger partial charge in [-0.2, -0.15) is 5.10 Å². The fourth-order valence-electron chi connectivity index (χ4n) is 3.85. The zero-order valence-corrected chi connectivity index (χ0v) is 16.4. The van der Waals surface area contributed by atoms with E-state index in [2.05, 4.69) is 58.3 Å². The minimum absolute atomic E-state index is 0.337. The summed E-state index contributed by atoms with van der Waals surface area (Å²) in [5.74, 6) is 1.33. The van der Waals surface area contributed by atoms with Gasteiger partial charge in [-0.3, -0.25) is 10.1 Å². The summed E-state index contributed by atoms with van der Waals surface area (Å²) in [6.45, 7) is 10.9. The van der Waals surface area contributed by atoms with Crippen molar-refractivity contribution in [3.63, 3.8) is 0 Å². The molecule has 2 N–H and O–H groups in total. The van der Waals surface area contributed by atoms with E-state index in [9.17, 15) is 0 Å². The van der Waals surface area contributed by atoms with Crippen LogP contribution in [0.2, 0.25) is 0 Å². The van der Waals surface area contributed by atoms with Crippen molar-refractivity contribution in [1.82, 2.24) is 25.1 Å². The number of pyridine rings is 2. The summed E-state index contributed by atoms with van der Waals surface area (Å²) in [5.41, 5.74) is 3.34. The summed E-state index contributed by atoms with van der Waals surface area (Å²) in [6, 6.07) is 10.2. The molecule has 1 fully saturated rings. The van der Waals surface area contributed by atoms with Crippen LogP contribution in [-0.2, 0) is 6.54 Å². The third-order valence-electron chi connectivity index (χ3n) is 5.00. The standard InChI is InChI=1S/C21H28N6/c1-21(2,3)14-27-11-9-15(13-27)18-8-7-17-19(25-26-20(17)24-18)23-12-16-6-4-5-10-22-16/h4-8,10,15H,9,11-14H2,1-3H3,(H2,23,24,25,26)/t15-/m1/s1. The maximum atomic E-state index is 4.86. The zero-order valence-electron chi connectivity index (χ0n) is 16.4. The molecule has 1 saturated heterocycles. The number of fused-ring (bicyclic) bond motifs is 1. The molecule has 4 rings (SSSR count). The number of hydrogen-bond acceptors (Lipinski definition) is 5. The molecular formula is C21H28N6. The molecular weight excluding hydrogens is 336 g/mol. The molecule has 6 nitrogen and oxygen atoms in total. The average Bonchev–Trinajstić information content (AvgIpc) is 3.26. The smallest absolute Gasteiger partial charge is 0.157 e. The lowest BCUT2D eigenvalue weighted by molar-refractivity contribution is 0.225. The first-order chi connectivity index (χ1) is 13.0. The lowest BCUT2D eigenvalue weighted by Crippen LogP contribution is -2.30. The van der Waals surface area contributed by atoms with Crippen molar-refractivity contribution in [2.45, 2.75) is 39.7 Å². The largest absolute Gasteiger partial charge is 0.362 e. The Morgan fingerprint density at radius 1 is 1.22 bits per heavy atom. The number of anilines is 1. The van der Waals surface area contributed by atoms with Crippen LogP contribution in [0.3, 0.4) is 0 Å². The van der Waals surface area contributed by atoms with Gasteiger partial charge in [-0.15, -0.1) is 0 Å². The number of likely N-dealkylation sites (tertiary alicyclic amines) is 1. The molecule has 0 aromatic carbocycles. The number of aromatic amines is 1. The van der Waals surface area contributed by atoms with Crippen molar-refractivity contribution in [2.24, 2.45) is 5.41 Å². The Kier molecular flexibility index (Phi) is 4.83. The van der Waals surface area contributed by atoms with Crippen LogP contribution in [0.4, 0.5) is 5.82 Å². The second-order valence-corrected chi connectivity index (χ2v) is 8.66. The Morgan fingerprint density at radius 2 is 2.11 bits per heavy atom. The highest BCUT2D eigenvalue weighted by Gasteiger charge is 2.28. The van der Waals surface area contributed by atoms with Crippen LogP contribution < -0.4 is 5.32 Å². The van der Waals surface area contributed by atoms with Gasteiger partial charge in [0.25, 0.3) is 0 Å². The number of rotatable bonds is 5. The summed E-state index contributed by atoms with van der Waals surface area (Å²) in [6.07, 6.45) is 2.98. The molecule has 4 heterocycles. The number of nitrogens with one attached hydrogen (secondary N) is 2. The number of nitrogens with zero attached hydrogens (tertiary/aromatic N) is 4. The quantitative estimate of drug-likeness (QED) is 0.721. The third kappa shape index (κ3) is 4.27. The molecule has 1 aliphatic rings. The molecule has 142 valence electrons. The van der Waals surface area contributed by atoms with Gasteiger partial charge in [0.15, 0.2) is 11.5 Å². The molecule has 0 amide bonds. The first kappa shape index (κ1) is 17.9. The molecule has 1 aliphatic heterocycles. The molecule has 0 spiro atoms. The van der Waals surface area contributed by atoms with Crippen LogP contribution in [0, 0.1) is 5.41 Å². The van der Waals surface area contributed by atoms with Crippen LogP contribution in [0.5, 0.6) is 0 Å². The van der Waals surface area contributed by atoms with Crippen LogP contribution in [0.1, 0.15) is 44.5 Å². The van der Waals surface area contributed by atoms with Gasteiger partial charge in [-0.05, 0) is 42.6 Å². The molecule has 0 saturated carbocycles. The number of hydrogen-bond donors (Lipinski definition) is 2. The van der Waals surface area contributed by atoms with Crippen molar-refractivity contribution in [3.05, 3.63) is 47.9 Å². The molecule has 0 aliphatic carbocycles. The van der Waals surface area contributed by atoms with Crippen LogP contribution in [0.25, 0.3) is 11.0 Å². The third-order valence-corrected chi connectivity index (χ3v) is 5.00. The van der Waals surface area contributed by atoms with Crippen LogP contribution in [0.15, 0.2) is 36.5 Å². The molecule has 0 unspecified atom stereocenters. The van der Waals surface area contributed by atoms with E-state index in [0.717, 1.165) is 42.2 Å². The van der Waals surface area contributed by atoms with Gasteiger partial charge < -0.3 is 10.2 Å². The SMILES string of the molecule is CC(C)(C)CN1CC[C@@H](c2ccc3c(NCc4ccccn4)n[nH]c3n2)C1. The van der Waals surface area contributed by atoms with E-state index in [4.69, 9.17) is 4.98 Å². The molecule has 0 bridgehead atoms. The van der Waals surface area contributed by atoms with Gasteiger partial charge >= 0.3 is 0 Å². The van der Waals surface area contributed by atoms with Crippen molar-refractivity contribution in [1.29, 1.82) is 0 Å². The molecule has 1 atom stereocenters. The Bertz CT molecular complexity index is 896. The van der Waals surface area contributed by atoms with Gasteiger partial charge in [0, 0.05) is 30.9 Å². The van der Waals surface area contributed by atoms with Gasteiger partial charge in [0.2, 0.25) is 0 Å². The van der Waals surface area contributed by atoms with Crippen molar-refractivity contribution in [2.75, 3.05) is 25.0 Å². The Labute approximate surface area is 160 Å². The Hall–Kier alpha value is -2.47. The van der Waals surface area contributed by atoms with E-state index in [1.807, 2.05) is 18.2 Å². The zero-order chi connectivity index (χ0) is 18.9. The highest BCUT2D eigenvalue weighted by atomic mass is 15.2. The lowest BCUT2D eigenvalue weighted by Gasteiger charge is -2.26. The fourth-order valence-corrected chi connectivity index (χ4v) is 3.85. The number of H-pyrrole nitrogens is 1. The highest BCUT2D eigenvalue weighted by Crippen LogP contribution is 2.30. The molecule has 0 radical (unpaired) electrons. The van der Waals surface area contributed by atoms with E-state index >= 15 is 0 Å². The summed E-state index contributed by atoms with van der Waals surface area (Å²) in [5, 5.41) is 11.9. The predicted molar refractivity (Wildman–Crippen MR) is 109 cm³/mol. The van der Waals surface area contributed by atoms with E-state index in [1.54, 1.807) is 6.20 Å². The van der Waals surface area contributed by atoms with Crippen molar-refractivity contribution in [3.8, 4) is 0 Å². The van der Waals surface area contributed by atoms with E-state index in [0.29, 0.717) is 17.9 Å². The summed E-state index contributed by atoms with van der Waals surface area (Å²) in [4.78, 5) is 11.8. The second kappa shape index (κ2) is 7.27. The molecule has 27 heavy (non-hydrogen) atoms. The second-order valence-electron chi connectivity index (χ2n) is 8.66. The minimum atomic E-state index is 0.337. The van der Waals surface area contributed by atoms with E-state index in [-0.39, 0.29) is 0 Å². The summed E-state index contributed by atoms with van der Waals surface area (Å²) < 4.78 is 0.